The standard InChI is InChI=1S/C7H8N4O3S/c1-11-3-2-4-5(11)9-7(10-6(4)12)15(8,13)14/h2-3H,1H3,(H2,8,13,14)(H,9,10,12). The van der Waals surface area contributed by atoms with E-state index in [1.54, 1.807) is 23.9 Å². The van der Waals surface area contributed by atoms with Gasteiger partial charge in [-0.3, -0.25) is 0 Å². The van der Waals surface area contributed by atoms with Gasteiger partial charge in [-0.2, -0.15) is 9.97 Å². The fourth-order valence-corrected chi connectivity index (χ4v) is 1.66. The van der Waals surface area contributed by atoms with Crippen molar-refractivity contribution in [3.8, 4) is 5.88 Å². The first kappa shape index (κ1) is 9.87. The van der Waals surface area contributed by atoms with Crippen molar-refractivity contribution in [3.05, 3.63) is 12.3 Å². The lowest BCUT2D eigenvalue weighted by Crippen LogP contribution is -2.16. The van der Waals surface area contributed by atoms with E-state index in [4.69, 9.17) is 5.14 Å². The molecule has 2 aromatic heterocycles. The Morgan fingerprint density at radius 2 is 2.13 bits per heavy atom. The molecule has 0 unspecified atom stereocenters. The monoisotopic (exact) mass is 228 g/mol. The molecule has 8 heteroatoms. The van der Waals surface area contributed by atoms with Gasteiger partial charge >= 0.3 is 0 Å². The highest BCUT2D eigenvalue weighted by atomic mass is 32.2. The van der Waals surface area contributed by atoms with Crippen molar-refractivity contribution in [2.45, 2.75) is 5.16 Å². The highest BCUT2D eigenvalue weighted by Gasteiger charge is 2.16. The summed E-state index contributed by atoms with van der Waals surface area (Å²) in [4.78, 5) is 7.15. The van der Waals surface area contributed by atoms with Gasteiger partial charge < -0.3 is 9.67 Å². The molecule has 0 bridgehead atoms. The third-order valence-corrected chi connectivity index (χ3v) is 2.63. The SMILES string of the molecule is Cn1ccc2c(O)nc(S(N)(=O)=O)nc21. The normalized spacial score (nSPS) is 12.1. The Balaban J connectivity index is 2.88. The Morgan fingerprint density at radius 3 is 2.73 bits per heavy atom. The van der Waals surface area contributed by atoms with Crippen molar-refractivity contribution in [2.24, 2.45) is 12.2 Å². The van der Waals surface area contributed by atoms with E-state index in [-0.39, 0.29) is 0 Å². The van der Waals surface area contributed by atoms with Gasteiger partial charge in [0.25, 0.3) is 15.2 Å². The van der Waals surface area contributed by atoms with Gasteiger partial charge in [0.1, 0.15) is 5.65 Å². The summed E-state index contributed by atoms with van der Waals surface area (Å²) in [5.74, 6) is -0.398. The number of rotatable bonds is 1. The van der Waals surface area contributed by atoms with Crippen molar-refractivity contribution in [2.75, 3.05) is 0 Å². The van der Waals surface area contributed by atoms with Gasteiger partial charge in [-0.25, -0.2) is 13.6 Å². The van der Waals surface area contributed by atoms with Crippen LogP contribution in [-0.2, 0) is 17.1 Å². The summed E-state index contributed by atoms with van der Waals surface area (Å²) in [5, 5.41) is 14.1. The molecular weight excluding hydrogens is 220 g/mol. The van der Waals surface area contributed by atoms with Crippen LogP contribution in [-0.4, -0.2) is 28.1 Å². The molecule has 15 heavy (non-hydrogen) atoms. The maximum Gasteiger partial charge on any atom is 0.273 e. The van der Waals surface area contributed by atoms with E-state index in [0.717, 1.165) is 0 Å². The molecule has 3 N–H and O–H groups in total. The zero-order chi connectivity index (χ0) is 11.2. The number of fused-ring (bicyclic) bond motifs is 1. The third-order valence-electron chi connectivity index (χ3n) is 1.94. The summed E-state index contributed by atoms with van der Waals surface area (Å²) in [6.45, 7) is 0. The predicted molar refractivity (Wildman–Crippen MR) is 51.5 cm³/mol. The third kappa shape index (κ3) is 1.53. The van der Waals surface area contributed by atoms with E-state index in [0.29, 0.717) is 11.0 Å². The second kappa shape index (κ2) is 2.91. The van der Waals surface area contributed by atoms with E-state index in [1.165, 1.54) is 0 Å². The van der Waals surface area contributed by atoms with Crippen LogP contribution in [0.15, 0.2) is 17.4 Å². The minimum atomic E-state index is -4.01. The number of aromatic hydroxyl groups is 1. The van der Waals surface area contributed by atoms with Crippen LogP contribution >= 0.6 is 0 Å². The summed E-state index contributed by atoms with van der Waals surface area (Å²) >= 11 is 0. The van der Waals surface area contributed by atoms with Gasteiger partial charge in [0, 0.05) is 13.2 Å². The molecule has 0 aliphatic carbocycles. The molecule has 0 aromatic carbocycles. The average Bonchev–Trinajstić information content (AvgIpc) is 2.47. The van der Waals surface area contributed by atoms with Gasteiger partial charge in [-0.1, -0.05) is 0 Å². The Hall–Kier alpha value is -1.67. The quantitative estimate of drug-likeness (QED) is 0.628. The van der Waals surface area contributed by atoms with E-state index in [2.05, 4.69) is 9.97 Å². The Morgan fingerprint density at radius 1 is 1.47 bits per heavy atom. The molecule has 2 heterocycles. The minimum Gasteiger partial charge on any atom is -0.493 e. The number of nitrogens with zero attached hydrogens (tertiary/aromatic N) is 3. The summed E-state index contributed by atoms with van der Waals surface area (Å²) in [6.07, 6.45) is 1.63. The molecule has 2 rings (SSSR count). The lowest BCUT2D eigenvalue weighted by Gasteiger charge is -2.00. The lowest BCUT2D eigenvalue weighted by atomic mass is 10.4. The molecule has 2 aromatic rings. The van der Waals surface area contributed by atoms with Crippen LogP contribution in [0.4, 0.5) is 0 Å². The molecule has 0 radical (unpaired) electrons. The van der Waals surface area contributed by atoms with Crippen molar-refractivity contribution >= 4 is 21.1 Å². The first-order valence-electron chi connectivity index (χ1n) is 3.94. The number of hydrogen-bond donors (Lipinski definition) is 2. The van der Waals surface area contributed by atoms with Gasteiger partial charge in [0.2, 0.25) is 5.88 Å². The Kier molecular flexibility index (Phi) is 1.91. The van der Waals surface area contributed by atoms with Crippen LogP contribution in [0.25, 0.3) is 11.0 Å². The van der Waals surface area contributed by atoms with Gasteiger partial charge in [-0.15, -0.1) is 0 Å². The number of hydrogen-bond acceptors (Lipinski definition) is 5. The number of aryl methyl sites for hydroxylation is 1. The predicted octanol–water partition coefficient (Wildman–Crippen LogP) is -0.679. The van der Waals surface area contributed by atoms with Crippen molar-refractivity contribution < 1.29 is 13.5 Å². The molecule has 0 aliphatic heterocycles. The molecule has 0 spiro atoms. The molecule has 0 saturated heterocycles. The summed E-state index contributed by atoms with van der Waals surface area (Å²) in [6, 6.07) is 1.58. The zero-order valence-electron chi connectivity index (χ0n) is 7.75. The molecule has 80 valence electrons. The van der Waals surface area contributed by atoms with Crippen molar-refractivity contribution in [1.29, 1.82) is 0 Å². The summed E-state index contributed by atoms with van der Waals surface area (Å²) in [5.41, 5.74) is 0.312. The summed E-state index contributed by atoms with van der Waals surface area (Å²) in [7, 11) is -2.34. The molecule has 0 aliphatic rings. The largest absolute Gasteiger partial charge is 0.493 e. The van der Waals surface area contributed by atoms with Crippen LogP contribution in [0.5, 0.6) is 5.88 Å². The van der Waals surface area contributed by atoms with Crippen molar-refractivity contribution in [3.63, 3.8) is 0 Å². The molecule has 7 nitrogen and oxygen atoms in total. The maximum atomic E-state index is 11.0. The fraction of sp³-hybridized carbons (Fsp3) is 0.143. The van der Waals surface area contributed by atoms with Crippen LogP contribution < -0.4 is 5.14 Å². The smallest absolute Gasteiger partial charge is 0.273 e. The Bertz CT molecular complexity index is 631. The van der Waals surface area contributed by atoms with Crippen molar-refractivity contribution in [1.82, 2.24) is 14.5 Å². The number of sulfonamides is 1. The topological polar surface area (TPSA) is 111 Å². The Labute approximate surface area is 85.2 Å². The molecule has 0 atom stereocenters. The number of nitrogens with two attached hydrogens (primary N) is 1. The van der Waals surface area contributed by atoms with E-state index < -0.39 is 21.1 Å². The molecule has 0 amide bonds. The van der Waals surface area contributed by atoms with E-state index in [1.807, 2.05) is 0 Å². The molecular formula is C7H8N4O3S. The van der Waals surface area contributed by atoms with Gasteiger partial charge in [-0.05, 0) is 6.07 Å². The minimum absolute atomic E-state index is 0.312. The number of aromatic nitrogens is 3. The maximum absolute atomic E-state index is 11.0. The van der Waals surface area contributed by atoms with Gasteiger partial charge in [0.15, 0.2) is 0 Å². The van der Waals surface area contributed by atoms with Crippen LogP contribution in [0, 0.1) is 0 Å². The second-order valence-corrected chi connectivity index (χ2v) is 4.49. The highest BCUT2D eigenvalue weighted by molar-refractivity contribution is 7.89. The zero-order valence-corrected chi connectivity index (χ0v) is 8.56. The first-order valence-corrected chi connectivity index (χ1v) is 5.49. The van der Waals surface area contributed by atoms with Crippen LogP contribution in [0.1, 0.15) is 0 Å². The highest BCUT2D eigenvalue weighted by Crippen LogP contribution is 2.22. The summed E-state index contributed by atoms with van der Waals surface area (Å²) < 4.78 is 23.5. The first-order chi connectivity index (χ1) is 6.89. The molecule has 0 fully saturated rings. The van der Waals surface area contributed by atoms with Crippen LogP contribution in [0.3, 0.4) is 0 Å². The number of primary sulfonamides is 1. The van der Waals surface area contributed by atoms with E-state index in [9.17, 15) is 13.5 Å². The molecule has 0 saturated carbocycles. The van der Waals surface area contributed by atoms with Crippen LogP contribution in [0.2, 0.25) is 0 Å². The lowest BCUT2D eigenvalue weighted by molar-refractivity contribution is 0.451. The van der Waals surface area contributed by atoms with E-state index >= 15 is 0 Å². The van der Waals surface area contributed by atoms with Gasteiger partial charge in [0.05, 0.1) is 5.39 Å². The second-order valence-electron chi connectivity index (χ2n) is 3.04. The average molecular weight is 228 g/mol. The fourth-order valence-electron chi connectivity index (χ4n) is 1.23.